The Kier molecular flexibility index (Phi) is 3.17. The van der Waals surface area contributed by atoms with Gasteiger partial charge in [-0.3, -0.25) is 4.90 Å². The molecule has 17 heavy (non-hydrogen) atoms. The first kappa shape index (κ1) is 11.2. The minimum Gasteiger partial charge on any atom is -0.330 e. The normalized spacial score (nSPS) is 27.8. The summed E-state index contributed by atoms with van der Waals surface area (Å²) in [5, 5.41) is 0. The summed E-state index contributed by atoms with van der Waals surface area (Å²) in [5.74, 6) is 0.891. The van der Waals surface area contributed by atoms with Crippen LogP contribution in [-0.4, -0.2) is 30.6 Å². The summed E-state index contributed by atoms with van der Waals surface area (Å²) in [7, 11) is 0. The van der Waals surface area contributed by atoms with Gasteiger partial charge in [0.1, 0.15) is 0 Å². The summed E-state index contributed by atoms with van der Waals surface area (Å²) in [6.07, 6.45) is 5.07. The number of benzene rings is 1. The molecule has 2 heteroatoms. The van der Waals surface area contributed by atoms with Gasteiger partial charge in [-0.15, -0.1) is 0 Å². The molecule has 1 saturated heterocycles. The molecule has 3 rings (SSSR count). The Morgan fingerprint density at radius 3 is 2.71 bits per heavy atom. The predicted molar refractivity (Wildman–Crippen MR) is 71.0 cm³/mol. The minimum atomic E-state index is 0.788. The average molecular weight is 230 g/mol. The van der Waals surface area contributed by atoms with E-state index in [2.05, 4.69) is 29.2 Å². The maximum atomic E-state index is 5.62. The highest BCUT2D eigenvalue weighted by atomic mass is 15.2. The van der Waals surface area contributed by atoms with Gasteiger partial charge in [0.15, 0.2) is 0 Å². The fraction of sp³-hybridized carbons (Fsp3) is 0.600. The van der Waals surface area contributed by atoms with Crippen LogP contribution in [0.5, 0.6) is 0 Å². The van der Waals surface area contributed by atoms with E-state index in [1.165, 1.54) is 32.4 Å². The maximum absolute atomic E-state index is 5.62. The molecule has 92 valence electrons. The molecule has 1 aliphatic carbocycles. The average Bonchev–Trinajstić information content (AvgIpc) is 2.76. The molecule has 1 aromatic rings. The Morgan fingerprint density at radius 1 is 1.18 bits per heavy atom. The van der Waals surface area contributed by atoms with Crippen LogP contribution in [-0.2, 0) is 12.8 Å². The van der Waals surface area contributed by atoms with Gasteiger partial charge in [-0.1, -0.05) is 24.3 Å². The second-order valence-electron chi connectivity index (χ2n) is 5.47. The van der Waals surface area contributed by atoms with Crippen LogP contribution >= 0.6 is 0 Å². The molecule has 1 aliphatic heterocycles. The summed E-state index contributed by atoms with van der Waals surface area (Å²) < 4.78 is 0. The molecule has 0 saturated carbocycles. The highest BCUT2D eigenvalue weighted by Gasteiger charge is 2.36. The number of nitrogens with zero attached hydrogens (tertiary/aromatic N) is 1. The molecule has 2 atom stereocenters. The van der Waals surface area contributed by atoms with Gasteiger partial charge in [0.25, 0.3) is 0 Å². The smallest absolute Gasteiger partial charge is 0.0168 e. The molecule has 2 nitrogen and oxygen atoms in total. The van der Waals surface area contributed by atoms with Crippen LogP contribution in [0.1, 0.15) is 24.0 Å². The molecule has 2 aliphatic rings. The standard InChI is InChI=1S/C15H22N2/c16-7-3-8-17-9-6-14-10-12-4-1-2-5-13(12)11-15(14)17/h1-2,4-5,14-15H,3,6-11,16H2. The van der Waals surface area contributed by atoms with E-state index in [0.29, 0.717) is 0 Å². The lowest BCUT2D eigenvalue weighted by Crippen LogP contribution is -2.39. The minimum absolute atomic E-state index is 0.788. The van der Waals surface area contributed by atoms with Crippen molar-refractivity contribution in [3.8, 4) is 0 Å². The summed E-state index contributed by atoms with van der Waals surface area (Å²) >= 11 is 0. The van der Waals surface area contributed by atoms with Crippen molar-refractivity contribution in [1.82, 2.24) is 4.90 Å². The monoisotopic (exact) mass is 230 g/mol. The molecule has 0 bridgehead atoms. The van der Waals surface area contributed by atoms with Crippen molar-refractivity contribution < 1.29 is 0 Å². The SMILES string of the molecule is NCCCN1CCC2Cc3ccccc3CC21. The van der Waals surface area contributed by atoms with Gasteiger partial charge in [0, 0.05) is 6.04 Å². The Labute approximate surface area is 104 Å². The highest BCUT2D eigenvalue weighted by molar-refractivity contribution is 5.31. The van der Waals surface area contributed by atoms with Crippen LogP contribution in [0.2, 0.25) is 0 Å². The zero-order valence-corrected chi connectivity index (χ0v) is 10.4. The van der Waals surface area contributed by atoms with Crippen molar-refractivity contribution in [2.45, 2.75) is 31.7 Å². The second-order valence-corrected chi connectivity index (χ2v) is 5.47. The van der Waals surface area contributed by atoms with Crippen LogP contribution in [0.25, 0.3) is 0 Å². The number of hydrogen-bond donors (Lipinski definition) is 1. The number of nitrogens with two attached hydrogens (primary N) is 1. The van der Waals surface area contributed by atoms with Gasteiger partial charge in [0.05, 0.1) is 0 Å². The summed E-state index contributed by atoms with van der Waals surface area (Å²) in [4.78, 5) is 2.67. The lowest BCUT2D eigenvalue weighted by atomic mass is 9.80. The molecule has 2 N–H and O–H groups in total. The third kappa shape index (κ3) is 2.12. The van der Waals surface area contributed by atoms with Gasteiger partial charge in [-0.05, 0) is 62.4 Å². The number of fused-ring (bicyclic) bond motifs is 2. The van der Waals surface area contributed by atoms with Crippen LogP contribution in [0.15, 0.2) is 24.3 Å². The topological polar surface area (TPSA) is 29.3 Å². The summed E-state index contributed by atoms with van der Waals surface area (Å²) in [6.45, 7) is 3.30. The predicted octanol–water partition coefficient (Wildman–Crippen LogP) is 1.82. The highest BCUT2D eigenvalue weighted by Crippen LogP contribution is 2.35. The first-order valence-corrected chi connectivity index (χ1v) is 6.89. The van der Waals surface area contributed by atoms with Crippen molar-refractivity contribution >= 4 is 0 Å². The van der Waals surface area contributed by atoms with E-state index in [1.54, 1.807) is 11.1 Å². The molecule has 2 unspecified atom stereocenters. The molecular formula is C15H22N2. The zero-order valence-electron chi connectivity index (χ0n) is 10.4. The van der Waals surface area contributed by atoms with Crippen molar-refractivity contribution in [2.75, 3.05) is 19.6 Å². The van der Waals surface area contributed by atoms with Crippen LogP contribution < -0.4 is 5.73 Å². The lowest BCUT2D eigenvalue weighted by molar-refractivity contribution is 0.215. The van der Waals surface area contributed by atoms with Gasteiger partial charge < -0.3 is 5.73 Å². The molecule has 0 radical (unpaired) electrons. The molecule has 0 amide bonds. The van der Waals surface area contributed by atoms with Gasteiger partial charge >= 0.3 is 0 Å². The molecule has 1 heterocycles. The fourth-order valence-electron chi connectivity index (χ4n) is 3.56. The van der Waals surface area contributed by atoms with Crippen molar-refractivity contribution in [2.24, 2.45) is 11.7 Å². The second kappa shape index (κ2) is 4.79. The maximum Gasteiger partial charge on any atom is 0.0168 e. The summed E-state index contributed by atoms with van der Waals surface area (Å²) in [5.41, 5.74) is 8.79. The number of hydrogen-bond acceptors (Lipinski definition) is 2. The fourth-order valence-corrected chi connectivity index (χ4v) is 3.56. The molecule has 1 fully saturated rings. The van der Waals surface area contributed by atoms with E-state index >= 15 is 0 Å². The molecule has 0 spiro atoms. The van der Waals surface area contributed by atoms with E-state index in [1.807, 2.05) is 0 Å². The Morgan fingerprint density at radius 2 is 1.94 bits per heavy atom. The van der Waals surface area contributed by atoms with Crippen molar-refractivity contribution in [1.29, 1.82) is 0 Å². The van der Waals surface area contributed by atoms with E-state index < -0.39 is 0 Å². The van der Waals surface area contributed by atoms with Gasteiger partial charge in [0.2, 0.25) is 0 Å². The van der Waals surface area contributed by atoms with E-state index in [0.717, 1.165) is 24.9 Å². The van der Waals surface area contributed by atoms with Crippen LogP contribution in [0.4, 0.5) is 0 Å². The lowest BCUT2D eigenvalue weighted by Gasteiger charge is -2.33. The number of likely N-dealkylation sites (tertiary alicyclic amines) is 1. The van der Waals surface area contributed by atoms with E-state index in [-0.39, 0.29) is 0 Å². The summed E-state index contributed by atoms with van der Waals surface area (Å²) in [6, 6.07) is 9.77. The Hall–Kier alpha value is -0.860. The molecular weight excluding hydrogens is 208 g/mol. The first-order chi connectivity index (χ1) is 8.38. The number of rotatable bonds is 3. The first-order valence-electron chi connectivity index (χ1n) is 6.89. The Bertz CT molecular complexity index is 388. The molecule has 0 aromatic heterocycles. The third-order valence-electron chi connectivity index (χ3n) is 4.48. The zero-order chi connectivity index (χ0) is 11.7. The molecule has 1 aromatic carbocycles. The van der Waals surface area contributed by atoms with Gasteiger partial charge in [-0.2, -0.15) is 0 Å². The third-order valence-corrected chi connectivity index (χ3v) is 4.48. The largest absolute Gasteiger partial charge is 0.330 e. The quantitative estimate of drug-likeness (QED) is 0.858. The Balaban J connectivity index is 1.75. The van der Waals surface area contributed by atoms with Crippen molar-refractivity contribution in [3.63, 3.8) is 0 Å². The van der Waals surface area contributed by atoms with E-state index in [4.69, 9.17) is 5.73 Å². The van der Waals surface area contributed by atoms with E-state index in [9.17, 15) is 0 Å². The van der Waals surface area contributed by atoms with Crippen LogP contribution in [0, 0.1) is 5.92 Å². The van der Waals surface area contributed by atoms with Gasteiger partial charge in [-0.25, -0.2) is 0 Å². The van der Waals surface area contributed by atoms with Crippen molar-refractivity contribution in [3.05, 3.63) is 35.4 Å². The van der Waals surface area contributed by atoms with Crippen LogP contribution in [0.3, 0.4) is 0 Å².